The van der Waals surface area contributed by atoms with Crippen LogP contribution in [0.5, 0.6) is 0 Å². The number of nitrogens with one attached hydrogen (secondary N) is 2. The smallest absolute Gasteiger partial charge is 0.225 e. The third kappa shape index (κ3) is 7.20. The molecular weight excluding hydrogens is 341 g/mol. The topological polar surface area (TPSA) is 44.4 Å². The van der Waals surface area contributed by atoms with Crippen LogP contribution >= 0.6 is 36.6 Å². The maximum absolute atomic E-state index is 11.8. The summed E-state index contributed by atoms with van der Waals surface area (Å²) in [5, 5.41) is 6.02. The van der Waals surface area contributed by atoms with E-state index in [9.17, 15) is 4.79 Å². The fourth-order valence-electron chi connectivity index (χ4n) is 2.23. The van der Waals surface area contributed by atoms with E-state index in [0.717, 1.165) is 25.3 Å². The molecule has 1 amide bonds. The summed E-state index contributed by atoms with van der Waals surface area (Å²) < 4.78 is 0. The summed E-state index contributed by atoms with van der Waals surface area (Å²) in [6.45, 7) is 3.89. The van der Waals surface area contributed by atoms with Gasteiger partial charge < -0.3 is 10.6 Å². The van der Waals surface area contributed by atoms with E-state index in [2.05, 4.69) is 21.6 Å². The Balaban J connectivity index is 0.00000220. The Kier molecular flexibility index (Phi) is 11.8. The predicted octanol–water partition coefficient (Wildman–Crippen LogP) is 2.63. The van der Waals surface area contributed by atoms with E-state index in [1.165, 1.54) is 17.1 Å². The van der Waals surface area contributed by atoms with Crippen LogP contribution in [0.25, 0.3) is 0 Å². The fourth-order valence-corrected chi connectivity index (χ4v) is 3.21. The minimum absolute atomic E-state index is 0. The van der Waals surface area contributed by atoms with Gasteiger partial charge in [0.2, 0.25) is 5.91 Å². The van der Waals surface area contributed by atoms with Crippen molar-refractivity contribution in [2.45, 2.75) is 13.0 Å². The Morgan fingerprint density at radius 1 is 1.23 bits per heavy atom. The zero-order valence-corrected chi connectivity index (χ0v) is 15.3. The van der Waals surface area contributed by atoms with E-state index in [4.69, 9.17) is 0 Å². The Bertz CT molecular complexity index is 443. The summed E-state index contributed by atoms with van der Waals surface area (Å²) >= 11 is 2.01. The van der Waals surface area contributed by atoms with Crippen molar-refractivity contribution in [3.63, 3.8) is 0 Å². The van der Waals surface area contributed by atoms with Gasteiger partial charge in [-0.15, -0.1) is 24.8 Å². The Hall–Kier alpha value is -0.460. The molecule has 0 aromatic heterocycles. The summed E-state index contributed by atoms with van der Waals surface area (Å²) in [6.07, 6.45) is 0.505. The predicted molar refractivity (Wildman–Crippen MR) is 101 cm³/mol. The van der Waals surface area contributed by atoms with Crippen LogP contribution in [0.4, 0.5) is 5.69 Å². The molecule has 0 saturated carbocycles. The van der Waals surface area contributed by atoms with Crippen molar-refractivity contribution in [1.29, 1.82) is 0 Å². The second-order valence-electron chi connectivity index (χ2n) is 4.95. The van der Waals surface area contributed by atoms with E-state index >= 15 is 0 Å². The van der Waals surface area contributed by atoms with Crippen LogP contribution in [0.3, 0.4) is 0 Å². The number of halogens is 2. The lowest BCUT2D eigenvalue weighted by atomic mass is 10.1. The Labute approximate surface area is 149 Å². The average Bonchev–Trinajstić information content (AvgIpc) is 2.48. The molecule has 1 aliphatic rings. The molecule has 0 bridgehead atoms. The molecule has 0 radical (unpaired) electrons. The van der Waals surface area contributed by atoms with E-state index in [1.54, 1.807) is 0 Å². The highest BCUT2D eigenvalue weighted by Crippen LogP contribution is 2.19. The summed E-state index contributed by atoms with van der Waals surface area (Å²) in [6, 6.07) is 8.11. The molecule has 0 unspecified atom stereocenters. The van der Waals surface area contributed by atoms with Crippen LogP contribution in [0, 0.1) is 0 Å². The van der Waals surface area contributed by atoms with Gasteiger partial charge in [0.25, 0.3) is 0 Å². The highest BCUT2D eigenvalue weighted by atomic mass is 35.5. The van der Waals surface area contributed by atoms with Crippen LogP contribution in [0.15, 0.2) is 24.3 Å². The molecule has 7 heteroatoms. The number of carbonyl (C=O) groups excluding carboxylic acids is 1. The van der Waals surface area contributed by atoms with E-state index in [1.807, 2.05) is 37.0 Å². The lowest BCUT2D eigenvalue weighted by Gasteiger charge is -2.27. The van der Waals surface area contributed by atoms with Crippen molar-refractivity contribution >= 4 is 48.2 Å². The molecule has 4 nitrogen and oxygen atoms in total. The van der Waals surface area contributed by atoms with Crippen LogP contribution in [-0.2, 0) is 11.3 Å². The van der Waals surface area contributed by atoms with Gasteiger partial charge in [-0.2, -0.15) is 11.8 Å². The number of nitrogens with zero attached hydrogens (tertiary/aromatic N) is 1. The number of para-hydroxylation sites is 1. The summed E-state index contributed by atoms with van der Waals surface area (Å²) in [4.78, 5) is 14.3. The molecule has 126 valence electrons. The number of benzene rings is 1. The number of amides is 1. The first-order chi connectivity index (χ1) is 9.79. The van der Waals surface area contributed by atoms with Crippen molar-refractivity contribution in [3.05, 3.63) is 29.8 Å². The first-order valence-corrected chi connectivity index (χ1v) is 8.27. The average molecular weight is 366 g/mol. The van der Waals surface area contributed by atoms with Crippen LogP contribution in [0.2, 0.25) is 0 Å². The first-order valence-electron chi connectivity index (χ1n) is 7.12. The third-order valence-electron chi connectivity index (χ3n) is 3.39. The molecule has 1 heterocycles. The minimum atomic E-state index is 0. The maximum atomic E-state index is 11.8. The van der Waals surface area contributed by atoms with Gasteiger partial charge in [-0.25, -0.2) is 0 Å². The fraction of sp³-hybridized carbons (Fsp3) is 0.533. The second kappa shape index (κ2) is 12.0. The van der Waals surface area contributed by atoms with Gasteiger partial charge in [-0.3, -0.25) is 9.69 Å². The van der Waals surface area contributed by atoms with Gasteiger partial charge in [0.05, 0.1) is 0 Å². The molecule has 2 N–H and O–H groups in total. The molecule has 2 rings (SSSR count). The zero-order chi connectivity index (χ0) is 14.2. The highest BCUT2D eigenvalue weighted by Gasteiger charge is 2.13. The number of thioether (sulfide) groups is 1. The lowest BCUT2D eigenvalue weighted by Crippen LogP contribution is -2.32. The molecule has 0 aliphatic carbocycles. The van der Waals surface area contributed by atoms with Crippen LogP contribution < -0.4 is 10.6 Å². The van der Waals surface area contributed by atoms with Gasteiger partial charge in [-0.05, 0) is 18.7 Å². The third-order valence-corrected chi connectivity index (χ3v) is 4.33. The molecular formula is C15H25Cl2N3OS. The van der Waals surface area contributed by atoms with Crippen LogP contribution in [-0.4, -0.2) is 49.0 Å². The van der Waals surface area contributed by atoms with Gasteiger partial charge in [-0.1, -0.05) is 18.2 Å². The van der Waals surface area contributed by atoms with E-state index < -0.39 is 0 Å². The highest BCUT2D eigenvalue weighted by molar-refractivity contribution is 7.99. The normalized spacial score (nSPS) is 14.6. The number of rotatable bonds is 6. The molecule has 0 atom stereocenters. The van der Waals surface area contributed by atoms with E-state index in [0.29, 0.717) is 13.0 Å². The number of hydrogen-bond donors (Lipinski definition) is 2. The summed E-state index contributed by atoms with van der Waals surface area (Å²) in [5.41, 5.74) is 2.16. The van der Waals surface area contributed by atoms with E-state index in [-0.39, 0.29) is 30.7 Å². The molecule has 22 heavy (non-hydrogen) atoms. The van der Waals surface area contributed by atoms with Crippen molar-refractivity contribution in [1.82, 2.24) is 10.2 Å². The quantitative estimate of drug-likeness (QED) is 0.813. The zero-order valence-electron chi connectivity index (χ0n) is 12.8. The van der Waals surface area contributed by atoms with Crippen LogP contribution in [0.1, 0.15) is 12.0 Å². The Morgan fingerprint density at radius 2 is 1.91 bits per heavy atom. The SMILES string of the molecule is CNCCC(=O)Nc1ccccc1CN1CCSCC1.Cl.Cl. The number of carbonyl (C=O) groups is 1. The van der Waals surface area contributed by atoms with Crippen molar-refractivity contribution in [2.24, 2.45) is 0 Å². The minimum Gasteiger partial charge on any atom is -0.326 e. The van der Waals surface area contributed by atoms with Crippen molar-refractivity contribution in [3.8, 4) is 0 Å². The molecule has 1 fully saturated rings. The molecule has 0 spiro atoms. The Morgan fingerprint density at radius 3 is 2.59 bits per heavy atom. The van der Waals surface area contributed by atoms with Gasteiger partial charge in [0.15, 0.2) is 0 Å². The van der Waals surface area contributed by atoms with Crippen molar-refractivity contribution < 1.29 is 4.79 Å². The molecule has 1 aliphatic heterocycles. The number of anilines is 1. The van der Waals surface area contributed by atoms with Gasteiger partial charge in [0, 0.05) is 49.8 Å². The lowest BCUT2D eigenvalue weighted by molar-refractivity contribution is -0.116. The summed E-state index contributed by atoms with van der Waals surface area (Å²) in [5.74, 6) is 2.48. The maximum Gasteiger partial charge on any atom is 0.225 e. The molecule has 1 aromatic carbocycles. The van der Waals surface area contributed by atoms with Gasteiger partial charge >= 0.3 is 0 Å². The largest absolute Gasteiger partial charge is 0.326 e. The second-order valence-corrected chi connectivity index (χ2v) is 6.17. The van der Waals surface area contributed by atoms with Crippen molar-refractivity contribution in [2.75, 3.05) is 43.5 Å². The molecule has 1 saturated heterocycles. The monoisotopic (exact) mass is 365 g/mol. The standard InChI is InChI=1S/C15H23N3OS.2ClH/c1-16-7-6-15(19)17-14-5-3-2-4-13(14)12-18-8-10-20-11-9-18;;/h2-5,16H,6-12H2,1H3,(H,17,19);2*1H. The number of hydrogen-bond acceptors (Lipinski definition) is 4. The molecule has 1 aromatic rings. The summed E-state index contributed by atoms with van der Waals surface area (Å²) in [7, 11) is 1.86. The first kappa shape index (κ1) is 21.5. The van der Waals surface area contributed by atoms with Gasteiger partial charge in [0.1, 0.15) is 0 Å².